The molecule has 0 atom stereocenters. The molecule has 0 saturated heterocycles. The van der Waals surface area contributed by atoms with Gasteiger partial charge in [0, 0.05) is 16.3 Å². The highest BCUT2D eigenvalue weighted by atomic mass is 32.1. The lowest BCUT2D eigenvalue weighted by molar-refractivity contribution is -0.382. The van der Waals surface area contributed by atoms with E-state index >= 15 is 0 Å². The van der Waals surface area contributed by atoms with Crippen molar-refractivity contribution in [2.75, 3.05) is 0 Å². The van der Waals surface area contributed by atoms with Crippen LogP contribution in [-0.2, 0) is 0 Å². The molecule has 1 heterocycles. The fourth-order valence-corrected chi connectivity index (χ4v) is 2.39. The van der Waals surface area contributed by atoms with Crippen LogP contribution in [0.25, 0.3) is 10.1 Å². The van der Waals surface area contributed by atoms with Crippen LogP contribution >= 0.6 is 11.3 Å². The molecule has 0 aliphatic rings. The molecule has 14 heavy (non-hydrogen) atoms. The molecule has 0 bridgehead atoms. The SMILES string of the molecule is Cc1sc2c([N+](=O)[O-])cccc2c1O. The summed E-state index contributed by atoms with van der Waals surface area (Å²) >= 11 is 1.24. The monoisotopic (exact) mass is 209 g/mol. The summed E-state index contributed by atoms with van der Waals surface area (Å²) in [5, 5.41) is 20.8. The number of nitrogens with zero attached hydrogens (tertiary/aromatic N) is 1. The highest BCUT2D eigenvalue weighted by Crippen LogP contribution is 2.40. The second-order valence-corrected chi connectivity index (χ2v) is 4.14. The van der Waals surface area contributed by atoms with Crippen molar-refractivity contribution >= 4 is 27.1 Å². The fourth-order valence-electron chi connectivity index (χ4n) is 1.35. The predicted octanol–water partition coefficient (Wildman–Crippen LogP) is 2.82. The minimum atomic E-state index is -0.433. The molecule has 72 valence electrons. The molecule has 0 radical (unpaired) electrons. The molecule has 5 heteroatoms. The van der Waals surface area contributed by atoms with Crippen molar-refractivity contribution in [1.82, 2.24) is 0 Å². The number of hydrogen-bond acceptors (Lipinski definition) is 4. The fraction of sp³-hybridized carbons (Fsp3) is 0.111. The number of nitro groups is 1. The molecule has 4 nitrogen and oxygen atoms in total. The lowest BCUT2D eigenvalue weighted by Gasteiger charge is -1.92. The largest absolute Gasteiger partial charge is 0.506 e. The number of fused-ring (bicyclic) bond motifs is 1. The van der Waals surface area contributed by atoms with Crippen LogP contribution < -0.4 is 0 Å². The Bertz CT molecular complexity index is 518. The molecule has 2 aromatic rings. The molecule has 0 aliphatic carbocycles. The van der Waals surface area contributed by atoms with Gasteiger partial charge in [0.2, 0.25) is 0 Å². The van der Waals surface area contributed by atoms with Gasteiger partial charge in [0.15, 0.2) is 0 Å². The van der Waals surface area contributed by atoms with Crippen LogP contribution in [-0.4, -0.2) is 10.0 Å². The summed E-state index contributed by atoms with van der Waals surface area (Å²) < 4.78 is 0.535. The van der Waals surface area contributed by atoms with E-state index in [9.17, 15) is 15.2 Å². The molecular weight excluding hydrogens is 202 g/mol. The molecule has 2 rings (SSSR count). The van der Waals surface area contributed by atoms with Crippen LogP contribution in [0.3, 0.4) is 0 Å². The van der Waals surface area contributed by atoms with Crippen LogP contribution in [0.4, 0.5) is 5.69 Å². The number of nitro benzene ring substituents is 1. The first-order chi connectivity index (χ1) is 6.61. The van der Waals surface area contributed by atoms with Gasteiger partial charge in [-0.25, -0.2) is 0 Å². The molecule has 0 saturated carbocycles. The van der Waals surface area contributed by atoms with Gasteiger partial charge in [-0.2, -0.15) is 0 Å². The number of benzene rings is 1. The van der Waals surface area contributed by atoms with Crippen molar-refractivity contribution in [2.24, 2.45) is 0 Å². The van der Waals surface area contributed by atoms with E-state index < -0.39 is 4.92 Å². The standard InChI is InChI=1S/C9H7NO3S/c1-5-8(11)6-3-2-4-7(10(12)13)9(6)14-5/h2-4,11H,1H3. The Balaban J connectivity index is 2.88. The Morgan fingerprint density at radius 3 is 2.86 bits per heavy atom. The number of aromatic hydroxyl groups is 1. The van der Waals surface area contributed by atoms with Crippen molar-refractivity contribution in [2.45, 2.75) is 6.92 Å². The Hall–Kier alpha value is -1.62. The van der Waals surface area contributed by atoms with Crippen molar-refractivity contribution in [1.29, 1.82) is 0 Å². The van der Waals surface area contributed by atoms with E-state index in [-0.39, 0.29) is 11.4 Å². The van der Waals surface area contributed by atoms with E-state index in [2.05, 4.69) is 0 Å². The molecule has 0 fully saturated rings. The van der Waals surface area contributed by atoms with E-state index in [4.69, 9.17) is 0 Å². The van der Waals surface area contributed by atoms with Gasteiger partial charge in [-0.15, -0.1) is 11.3 Å². The lowest BCUT2D eigenvalue weighted by atomic mass is 10.2. The van der Waals surface area contributed by atoms with Crippen molar-refractivity contribution < 1.29 is 10.0 Å². The maximum atomic E-state index is 10.7. The van der Waals surface area contributed by atoms with Gasteiger partial charge >= 0.3 is 0 Å². The van der Waals surface area contributed by atoms with Gasteiger partial charge in [0.1, 0.15) is 10.4 Å². The van der Waals surface area contributed by atoms with E-state index in [1.54, 1.807) is 19.1 Å². The van der Waals surface area contributed by atoms with E-state index in [0.29, 0.717) is 15.0 Å². The van der Waals surface area contributed by atoms with Gasteiger partial charge in [-0.1, -0.05) is 6.07 Å². The summed E-state index contributed by atoms with van der Waals surface area (Å²) in [6.45, 7) is 1.74. The van der Waals surface area contributed by atoms with Crippen molar-refractivity contribution in [3.05, 3.63) is 33.2 Å². The van der Waals surface area contributed by atoms with Crippen LogP contribution in [0.2, 0.25) is 0 Å². The average molecular weight is 209 g/mol. The molecule has 1 N–H and O–H groups in total. The third-order valence-electron chi connectivity index (χ3n) is 2.03. The molecule has 0 unspecified atom stereocenters. The predicted molar refractivity (Wildman–Crippen MR) is 54.9 cm³/mol. The quantitative estimate of drug-likeness (QED) is 0.580. The highest BCUT2D eigenvalue weighted by Gasteiger charge is 2.17. The van der Waals surface area contributed by atoms with Crippen molar-refractivity contribution in [3.8, 4) is 5.75 Å². The minimum absolute atomic E-state index is 0.0518. The van der Waals surface area contributed by atoms with Crippen molar-refractivity contribution in [3.63, 3.8) is 0 Å². The first-order valence-electron chi connectivity index (χ1n) is 3.96. The summed E-state index contributed by atoms with van der Waals surface area (Å²) in [4.78, 5) is 10.9. The lowest BCUT2D eigenvalue weighted by Crippen LogP contribution is -1.86. The Morgan fingerprint density at radius 2 is 2.21 bits per heavy atom. The first-order valence-corrected chi connectivity index (χ1v) is 4.78. The van der Waals surface area contributed by atoms with Gasteiger partial charge in [-0.05, 0) is 13.0 Å². The van der Waals surface area contributed by atoms with Crippen LogP contribution in [0.15, 0.2) is 18.2 Å². The number of rotatable bonds is 1. The Kier molecular flexibility index (Phi) is 1.89. The number of non-ortho nitro benzene ring substituents is 1. The molecule has 0 spiro atoms. The van der Waals surface area contributed by atoms with E-state index in [1.807, 2.05) is 0 Å². The summed E-state index contributed by atoms with van der Waals surface area (Å²) in [5.74, 6) is 0.147. The summed E-state index contributed by atoms with van der Waals surface area (Å²) in [6.07, 6.45) is 0. The zero-order valence-electron chi connectivity index (χ0n) is 7.35. The zero-order valence-corrected chi connectivity index (χ0v) is 8.17. The Morgan fingerprint density at radius 1 is 1.50 bits per heavy atom. The number of thiophene rings is 1. The number of aryl methyl sites for hydroxylation is 1. The first kappa shape index (κ1) is 8.96. The maximum Gasteiger partial charge on any atom is 0.287 e. The molecule has 1 aromatic carbocycles. The zero-order chi connectivity index (χ0) is 10.3. The van der Waals surface area contributed by atoms with Gasteiger partial charge in [0.25, 0.3) is 5.69 Å². The van der Waals surface area contributed by atoms with Gasteiger partial charge in [-0.3, -0.25) is 10.1 Å². The molecule has 0 aliphatic heterocycles. The molecule has 1 aromatic heterocycles. The van der Waals surface area contributed by atoms with E-state index in [0.717, 1.165) is 0 Å². The highest BCUT2D eigenvalue weighted by molar-refractivity contribution is 7.20. The average Bonchev–Trinajstić information content (AvgIpc) is 2.43. The normalized spacial score (nSPS) is 10.6. The molecular formula is C9H7NO3S. The summed E-state index contributed by atoms with van der Waals surface area (Å²) in [5.41, 5.74) is 0.0518. The smallest absolute Gasteiger partial charge is 0.287 e. The Labute approximate surface area is 83.6 Å². The van der Waals surface area contributed by atoms with E-state index in [1.165, 1.54) is 17.4 Å². The van der Waals surface area contributed by atoms with Crippen LogP contribution in [0, 0.1) is 17.0 Å². The summed E-state index contributed by atoms with van der Waals surface area (Å²) in [6, 6.07) is 4.70. The third kappa shape index (κ3) is 1.13. The maximum absolute atomic E-state index is 10.7. The second-order valence-electron chi connectivity index (χ2n) is 2.92. The molecule has 0 amide bonds. The van der Waals surface area contributed by atoms with Gasteiger partial charge < -0.3 is 5.11 Å². The summed E-state index contributed by atoms with van der Waals surface area (Å²) in [7, 11) is 0. The van der Waals surface area contributed by atoms with Gasteiger partial charge in [0.05, 0.1) is 4.92 Å². The third-order valence-corrected chi connectivity index (χ3v) is 3.17. The number of hydrogen-bond donors (Lipinski definition) is 1. The topological polar surface area (TPSA) is 63.4 Å². The van der Waals surface area contributed by atoms with Crippen LogP contribution in [0.1, 0.15) is 4.88 Å². The van der Waals surface area contributed by atoms with Crippen LogP contribution in [0.5, 0.6) is 5.75 Å². The minimum Gasteiger partial charge on any atom is -0.506 e. The second kappa shape index (κ2) is 2.95.